The van der Waals surface area contributed by atoms with Gasteiger partial charge in [0.15, 0.2) is 0 Å². The molecule has 0 radical (unpaired) electrons. The van der Waals surface area contributed by atoms with Crippen LogP contribution >= 0.6 is 0 Å². The Labute approximate surface area is 147 Å². The van der Waals surface area contributed by atoms with Crippen LogP contribution in [0.15, 0.2) is 24.3 Å². The van der Waals surface area contributed by atoms with Gasteiger partial charge in [-0.1, -0.05) is 0 Å². The summed E-state index contributed by atoms with van der Waals surface area (Å²) in [4.78, 5) is 29.3. The molecule has 1 aromatic rings. The lowest BCUT2D eigenvalue weighted by Crippen LogP contribution is -2.46. The van der Waals surface area contributed by atoms with E-state index < -0.39 is 0 Å². The van der Waals surface area contributed by atoms with Gasteiger partial charge >= 0.3 is 0 Å². The Morgan fingerprint density at radius 3 is 2.36 bits per heavy atom. The van der Waals surface area contributed by atoms with Crippen molar-refractivity contribution in [1.29, 1.82) is 0 Å². The predicted molar refractivity (Wildman–Crippen MR) is 91.5 cm³/mol. The largest absolute Gasteiger partial charge is 0.342 e. The molecule has 1 aromatic carbocycles. The number of carbonyl (C=O) groups excluding carboxylic acids is 2. The second-order valence-corrected chi connectivity index (χ2v) is 7.52. The minimum Gasteiger partial charge on any atom is -0.342 e. The Balaban J connectivity index is 1.39. The number of nitrogens with one attached hydrogen (secondary N) is 1. The number of benzene rings is 1. The van der Waals surface area contributed by atoms with E-state index in [1.54, 1.807) is 4.90 Å². The van der Waals surface area contributed by atoms with Crippen LogP contribution in [-0.4, -0.2) is 60.9 Å². The molecule has 25 heavy (non-hydrogen) atoms. The molecule has 1 N–H and O–H groups in total. The maximum absolute atomic E-state index is 13.1. The summed E-state index contributed by atoms with van der Waals surface area (Å²) in [5, 5.41) is 3.39. The number of likely N-dealkylation sites (tertiary alicyclic amines) is 2. The Kier molecular flexibility index (Phi) is 4.46. The normalized spacial score (nSPS) is 28.9. The summed E-state index contributed by atoms with van der Waals surface area (Å²) in [5.41, 5.74) is 0.483. The number of hydrogen-bond donors (Lipinski definition) is 1. The highest BCUT2D eigenvalue weighted by molar-refractivity contribution is 5.94. The third-order valence-corrected chi connectivity index (χ3v) is 5.85. The molecule has 3 atom stereocenters. The summed E-state index contributed by atoms with van der Waals surface area (Å²) in [7, 11) is 0. The first-order chi connectivity index (χ1) is 12.1. The maximum atomic E-state index is 13.1. The van der Waals surface area contributed by atoms with Crippen LogP contribution in [0.4, 0.5) is 4.39 Å². The molecule has 0 aliphatic carbocycles. The van der Waals surface area contributed by atoms with Gasteiger partial charge < -0.3 is 15.1 Å². The standard InChI is InChI=1S/C19H24FN3O2/c20-17-5-3-13(4-6-17)18(24)22-7-1-2-14(10-22)19(25)23-11-15-8-21-9-16(15)12-23/h3-6,14-16,21H,1-2,7-12H2/t14?,15-,16+. The van der Waals surface area contributed by atoms with E-state index in [9.17, 15) is 14.0 Å². The van der Waals surface area contributed by atoms with Crippen LogP contribution in [0.5, 0.6) is 0 Å². The number of carbonyl (C=O) groups is 2. The number of piperidine rings is 1. The molecular formula is C19H24FN3O2. The number of fused-ring (bicyclic) bond motifs is 1. The number of nitrogens with zero attached hydrogens (tertiary/aromatic N) is 2. The van der Waals surface area contributed by atoms with Crippen molar-refractivity contribution in [1.82, 2.24) is 15.1 Å². The van der Waals surface area contributed by atoms with Crippen molar-refractivity contribution in [2.75, 3.05) is 39.3 Å². The molecule has 4 rings (SSSR count). The molecule has 0 aromatic heterocycles. The molecule has 6 heteroatoms. The second kappa shape index (κ2) is 6.75. The molecule has 3 aliphatic rings. The molecule has 3 fully saturated rings. The van der Waals surface area contributed by atoms with Crippen LogP contribution in [0.2, 0.25) is 0 Å². The minimum absolute atomic E-state index is 0.107. The first-order valence-electron chi connectivity index (χ1n) is 9.16. The zero-order valence-corrected chi connectivity index (χ0v) is 14.3. The SMILES string of the molecule is O=C(c1ccc(F)cc1)N1CCCC(C(=O)N2C[C@H]3CNC[C@H]3C2)C1. The van der Waals surface area contributed by atoms with Crippen molar-refractivity contribution in [3.8, 4) is 0 Å². The molecule has 0 bridgehead atoms. The van der Waals surface area contributed by atoms with E-state index >= 15 is 0 Å². The maximum Gasteiger partial charge on any atom is 0.253 e. The monoisotopic (exact) mass is 345 g/mol. The zero-order chi connectivity index (χ0) is 17.4. The fraction of sp³-hybridized carbons (Fsp3) is 0.579. The Bertz CT molecular complexity index is 651. The van der Waals surface area contributed by atoms with Crippen LogP contribution in [0.1, 0.15) is 23.2 Å². The third kappa shape index (κ3) is 3.27. The highest BCUT2D eigenvalue weighted by atomic mass is 19.1. The summed E-state index contributed by atoms with van der Waals surface area (Å²) in [6.07, 6.45) is 1.68. The third-order valence-electron chi connectivity index (χ3n) is 5.85. The van der Waals surface area contributed by atoms with Gasteiger partial charge in [-0.15, -0.1) is 0 Å². The van der Waals surface area contributed by atoms with Gasteiger partial charge in [0, 0.05) is 44.8 Å². The van der Waals surface area contributed by atoms with Crippen molar-refractivity contribution in [3.05, 3.63) is 35.6 Å². The van der Waals surface area contributed by atoms with Gasteiger partial charge in [-0.3, -0.25) is 9.59 Å². The highest BCUT2D eigenvalue weighted by Crippen LogP contribution is 2.29. The van der Waals surface area contributed by atoms with Crippen molar-refractivity contribution in [2.24, 2.45) is 17.8 Å². The number of hydrogen-bond acceptors (Lipinski definition) is 3. The van der Waals surface area contributed by atoms with Crippen LogP contribution in [0.25, 0.3) is 0 Å². The first-order valence-corrected chi connectivity index (χ1v) is 9.16. The Morgan fingerprint density at radius 2 is 1.68 bits per heavy atom. The summed E-state index contributed by atoms with van der Waals surface area (Å²) < 4.78 is 13.1. The molecule has 3 aliphatic heterocycles. The van der Waals surface area contributed by atoms with E-state index in [1.807, 2.05) is 4.90 Å². The molecule has 5 nitrogen and oxygen atoms in total. The summed E-state index contributed by atoms with van der Waals surface area (Å²) in [5.74, 6) is 0.808. The van der Waals surface area contributed by atoms with E-state index in [-0.39, 0.29) is 23.5 Å². The van der Waals surface area contributed by atoms with Gasteiger partial charge in [-0.25, -0.2) is 4.39 Å². The Morgan fingerprint density at radius 1 is 1.00 bits per heavy atom. The van der Waals surface area contributed by atoms with E-state index in [0.29, 0.717) is 30.5 Å². The fourth-order valence-electron chi connectivity index (χ4n) is 4.43. The van der Waals surface area contributed by atoms with E-state index in [0.717, 1.165) is 39.0 Å². The molecule has 0 saturated carbocycles. The number of amides is 2. The van der Waals surface area contributed by atoms with Gasteiger partial charge in [-0.2, -0.15) is 0 Å². The van der Waals surface area contributed by atoms with Gasteiger partial charge in [-0.05, 0) is 48.9 Å². The average molecular weight is 345 g/mol. The number of rotatable bonds is 2. The topological polar surface area (TPSA) is 52.7 Å². The first kappa shape index (κ1) is 16.5. The summed E-state index contributed by atoms with van der Waals surface area (Å²) in [6, 6.07) is 5.63. The molecule has 3 saturated heterocycles. The van der Waals surface area contributed by atoms with Crippen molar-refractivity contribution in [2.45, 2.75) is 12.8 Å². The lowest BCUT2D eigenvalue weighted by atomic mass is 9.96. The van der Waals surface area contributed by atoms with E-state index in [1.165, 1.54) is 24.3 Å². The van der Waals surface area contributed by atoms with Gasteiger partial charge in [0.1, 0.15) is 5.82 Å². The van der Waals surface area contributed by atoms with Gasteiger partial charge in [0.2, 0.25) is 5.91 Å². The second-order valence-electron chi connectivity index (χ2n) is 7.52. The van der Waals surface area contributed by atoms with Gasteiger partial charge in [0.05, 0.1) is 5.92 Å². The highest BCUT2D eigenvalue weighted by Gasteiger charge is 2.40. The van der Waals surface area contributed by atoms with Crippen LogP contribution in [0, 0.1) is 23.6 Å². The molecule has 1 unspecified atom stereocenters. The summed E-state index contributed by atoms with van der Waals surface area (Å²) in [6.45, 7) is 4.84. The van der Waals surface area contributed by atoms with Crippen molar-refractivity contribution >= 4 is 11.8 Å². The van der Waals surface area contributed by atoms with Crippen molar-refractivity contribution in [3.63, 3.8) is 0 Å². The van der Waals surface area contributed by atoms with Gasteiger partial charge in [0.25, 0.3) is 5.91 Å². The number of halogens is 1. The lowest BCUT2D eigenvalue weighted by Gasteiger charge is -2.34. The van der Waals surface area contributed by atoms with Crippen molar-refractivity contribution < 1.29 is 14.0 Å². The van der Waals surface area contributed by atoms with E-state index in [2.05, 4.69) is 5.32 Å². The molecule has 134 valence electrons. The molecule has 2 amide bonds. The molecule has 0 spiro atoms. The minimum atomic E-state index is -0.350. The quantitative estimate of drug-likeness (QED) is 0.880. The van der Waals surface area contributed by atoms with E-state index in [4.69, 9.17) is 0 Å². The smallest absolute Gasteiger partial charge is 0.253 e. The average Bonchev–Trinajstić information content (AvgIpc) is 3.23. The predicted octanol–water partition coefficient (Wildman–Crippen LogP) is 1.36. The molecule has 3 heterocycles. The van der Waals surface area contributed by atoms with Crippen LogP contribution < -0.4 is 5.32 Å². The lowest BCUT2D eigenvalue weighted by molar-refractivity contribution is -0.136. The fourth-order valence-corrected chi connectivity index (χ4v) is 4.43. The zero-order valence-electron chi connectivity index (χ0n) is 14.3. The Hall–Kier alpha value is -1.95. The molecular weight excluding hydrogens is 321 g/mol. The van der Waals surface area contributed by atoms with Crippen LogP contribution in [-0.2, 0) is 4.79 Å². The van der Waals surface area contributed by atoms with Crippen LogP contribution in [0.3, 0.4) is 0 Å². The summed E-state index contributed by atoms with van der Waals surface area (Å²) >= 11 is 0.